The highest BCUT2D eigenvalue weighted by Gasteiger charge is 2.47. The number of hydrogen-bond acceptors (Lipinski definition) is 1. The van der Waals surface area contributed by atoms with Crippen LogP contribution in [0.4, 0.5) is 17.1 Å². The van der Waals surface area contributed by atoms with E-state index in [0.717, 1.165) is 17.1 Å². The number of hydrogen-bond donors (Lipinski definition) is 0. The van der Waals surface area contributed by atoms with Gasteiger partial charge in [0.1, 0.15) is 0 Å². The maximum Gasteiger partial charge on any atom is 0.0714 e. The van der Waals surface area contributed by atoms with Crippen LogP contribution in [0.3, 0.4) is 0 Å². The van der Waals surface area contributed by atoms with Gasteiger partial charge in [0.15, 0.2) is 0 Å². The quantitative estimate of drug-likeness (QED) is 0.140. The van der Waals surface area contributed by atoms with Crippen molar-refractivity contribution in [1.29, 1.82) is 0 Å². The Labute approximate surface area is 387 Å². The highest BCUT2D eigenvalue weighted by Crippen LogP contribution is 2.59. The van der Waals surface area contributed by atoms with Crippen molar-refractivity contribution in [2.45, 2.75) is 5.41 Å². The average Bonchev–Trinajstić information content (AvgIpc) is 3.71. The van der Waals surface area contributed by atoms with Crippen molar-refractivity contribution in [2.75, 3.05) is 4.90 Å². The van der Waals surface area contributed by atoms with Crippen molar-refractivity contribution >= 4 is 27.8 Å². The molecule has 0 spiro atoms. The van der Waals surface area contributed by atoms with Crippen molar-refractivity contribution in [2.24, 2.45) is 0 Å². The van der Waals surface area contributed by atoms with Crippen LogP contribution in [-0.4, -0.2) is 0 Å². The van der Waals surface area contributed by atoms with E-state index in [9.17, 15) is 0 Å². The predicted octanol–water partition coefficient (Wildman–Crippen LogP) is 17.3. The molecule has 0 N–H and O–H groups in total. The van der Waals surface area contributed by atoms with Crippen molar-refractivity contribution in [3.05, 3.63) is 295 Å². The van der Waals surface area contributed by atoms with Gasteiger partial charge < -0.3 is 4.90 Å². The van der Waals surface area contributed by atoms with Gasteiger partial charge in [-0.3, -0.25) is 0 Å². The first-order valence-corrected chi connectivity index (χ1v) is 22.8. The second kappa shape index (κ2) is 16.6. The molecule has 11 aromatic carbocycles. The Morgan fingerprint density at radius 3 is 1.35 bits per heavy atom. The fraction of sp³-hybridized carbons (Fsp3) is 0.0154. The van der Waals surface area contributed by atoms with E-state index in [1.807, 2.05) is 0 Å². The van der Waals surface area contributed by atoms with Crippen molar-refractivity contribution < 1.29 is 0 Å². The minimum absolute atomic E-state index is 0.508. The summed E-state index contributed by atoms with van der Waals surface area (Å²) in [4.78, 5) is 2.46. The molecular weight excluding hydrogens is 795 g/mol. The summed E-state index contributed by atoms with van der Waals surface area (Å²) in [6.45, 7) is 0. The lowest BCUT2D eigenvalue weighted by Crippen LogP contribution is -2.28. The normalized spacial score (nSPS) is 12.4. The van der Waals surface area contributed by atoms with Crippen molar-refractivity contribution in [3.63, 3.8) is 0 Å². The molecule has 0 atom stereocenters. The topological polar surface area (TPSA) is 3.24 Å². The summed E-state index contributed by atoms with van der Waals surface area (Å²) in [5, 5.41) is 2.52. The minimum Gasteiger partial charge on any atom is -0.310 e. The maximum absolute atomic E-state index is 2.46. The lowest BCUT2D eigenvalue weighted by Gasteiger charge is -2.34. The minimum atomic E-state index is -0.508. The number of fused-ring (bicyclic) bond motifs is 4. The first kappa shape index (κ1) is 39.1. The van der Waals surface area contributed by atoms with E-state index >= 15 is 0 Å². The molecule has 1 aliphatic rings. The lowest BCUT2D eigenvalue weighted by atomic mass is 9.68. The van der Waals surface area contributed by atoms with Crippen molar-refractivity contribution in [3.8, 4) is 55.6 Å². The molecule has 0 saturated heterocycles. The fourth-order valence-electron chi connectivity index (χ4n) is 10.5. The van der Waals surface area contributed by atoms with Crippen LogP contribution in [0, 0.1) is 0 Å². The predicted molar refractivity (Wildman–Crippen MR) is 278 cm³/mol. The monoisotopic (exact) mass is 839 g/mol. The van der Waals surface area contributed by atoms with E-state index in [2.05, 4.69) is 278 Å². The van der Waals surface area contributed by atoms with E-state index in [0.29, 0.717) is 0 Å². The van der Waals surface area contributed by atoms with E-state index in [4.69, 9.17) is 0 Å². The highest BCUT2D eigenvalue weighted by molar-refractivity contribution is 5.99. The van der Waals surface area contributed by atoms with Crippen LogP contribution in [0.25, 0.3) is 66.4 Å². The summed E-state index contributed by atoms with van der Waals surface area (Å²) in [5.41, 5.74) is 20.0. The Bertz CT molecular complexity index is 3440. The van der Waals surface area contributed by atoms with Gasteiger partial charge >= 0.3 is 0 Å². The molecule has 0 fully saturated rings. The van der Waals surface area contributed by atoms with Gasteiger partial charge in [-0.25, -0.2) is 0 Å². The third-order valence-electron chi connectivity index (χ3n) is 13.6. The first-order chi connectivity index (χ1) is 32.7. The lowest BCUT2D eigenvalue weighted by molar-refractivity contribution is 0.768. The van der Waals surface area contributed by atoms with Crippen LogP contribution in [0.5, 0.6) is 0 Å². The Hall–Kier alpha value is -8.52. The standard InChI is InChI=1S/C65H45N/c1-4-17-46(18-5-1)52-21-14-22-53(45-52)49-39-43-57(44-40-49)66(56-41-37-48(38-42-56)47-33-35-51(36-34-47)59-29-15-20-50-19-10-11-27-58(50)59)63-32-16-31-62-64(63)60-28-12-13-30-61(60)65(62,54-23-6-2-7-24-54)55-25-8-3-9-26-55/h1-45H. The molecule has 66 heavy (non-hydrogen) atoms. The Balaban J connectivity index is 0.997. The van der Waals surface area contributed by atoms with Gasteiger partial charge in [-0.2, -0.15) is 0 Å². The van der Waals surface area contributed by atoms with Crippen LogP contribution < -0.4 is 4.90 Å². The second-order valence-electron chi connectivity index (χ2n) is 17.2. The smallest absolute Gasteiger partial charge is 0.0714 e. The molecule has 0 amide bonds. The molecule has 1 nitrogen and oxygen atoms in total. The van der Waals surface area contributed by atoms with Gasteiger partial charge in [-0.1, -0.05) is 237 Å². The zero-order valence-corrected chi connectivity index (χ0v) is 36.4. The molecule has 0 aromatic heterocycles. The Morgan fingerprint density at radius 1 is 0.273 bits per heavy atom. The number of anilines is 3. The van der Waals surface area contributed by atoms with Crippen LogP contribution in [0.1, 0.15) is 22.3 Å². The van der Waals surface area contributed by atoms with E-state index < -0.39 is 5.41 Å². The van der Waals surface area contributed by atoms with Gasteiger partial charge in [0.2, 0.25) is 0 Å². The van der Waals surface area contributed by atoms with Crippen LogP contribution in [0.2, 0.25) is 0 Å². The third kappa shape index (κ3) is 6.64. The molecule has 11 aromatic rings. The largest absolute Gasteiger partial charge is 0.310 e. The highest BCUT2D eigenvalue weighted by atomic mass is 15.1. The summed E-state index contributed by atoms with van der Waals surface area (Å²) in [7, 11) is 0. The molecule has 1 heteroatoms. The molecule has 0 radical (unpaired) electrons. The van der Waals surface area contributed by atoms with Gasteiger partial charge in [-0.05, 0) is 119 Å². The average molecular weight is 840 g/mol. The maximum atomic E-state index is 2.46. The summed E-state index contributed by atoms with van der Waals surface area (Å²) in [6.07, 6.45) is 0. The Morgan fingerprint density at radius 2 is 0.697 bits per heavy atom. The molecule has 0 aliphatic heterocycles. The SMILES string of the molecule is c1ccc(-c2cccc(-c3ccc(N(c4ccc(-c5ccc(-c6cccc7ccccc67)cc5)cc4)c4cccc5c4-c4ccccc4C5(c4ccccc4)c4ccccc4)cc3)c2)cc1. The second-order valence-corrected chi connectivity index (χ2v) is 17.2. The molecule has 0 saturated carbocycles. The number of benzene rings is 11. The van der Waals surface area contributed by atoms with Gasteiger partial charge in [-0.15, -0.1) is 0 Å². The fourth-order valence-corrected chi connectivity index (χ4v) is 10.5. The molecule has 0 bridgehead atoms. The van der Waals surface area contributed by atoms with Crippen LogP contribution >= 0.6 is 0 Å². The van der Waals surface area contributed by atoms with E-state index in [1.165, 1.54) is 88.7 Å². The van der Waals surface area contributed by atoms with E-state index in [-0.39, 0.29) is 0 Å². The molecule has 1 aliphatic carbocycles. The Kier molecular flexibility index (Phi) is 9.81. The van der Waals surface area contributed by atoms with Crippen LogP contribution in [-0.2, 0) is 5.41 Å². The molecular formula is C65H45N. The van der Waals surface area contributed by atoms with E-state index in [1.54, 1.807) is 0 Å². The first-order valence-electron chi connectivity index (χ1n) is 22.8. The molecule has 310 valence electrons. The van der Waals surface area contributed by atoms with Crippen molar-refractivity contribution in [1.82, 2.24) is 0 Å². The molecule has 0 heterocycles. The summed E-state index contributed by atoms with van der Waals surface area (Å²) in [6, 6.07) is 99.9. The molecule has 0 unspecified atom stereocenters. The third-order valence-corrected chi connectivity index (χ3v) is 13.6. The van der Waals surface area contributed by atoms with Crippen LogP contribution in [0.15, 0.2) is 273 Å². The number of nitrogens with zero attached hydrogens (tertiary/aromatic N) is 1. The van der Waals surface area contributed by atoms with Gasteiger partial charge in [0, 0.05) is 16.9 Å². The zero-order chi connectivity index (χ0) is 43.9. The summed E-state index contributed by atoms with van der Waals surface area (Å²) < 4.78 is 0. The summed E-state index contributed by atoms with van der Waals surface area (Å²) >= 11 is 0. The van der Waals surface area contributed by atoms with Gasteiger partial charge in [0.25, 0.3) is 0 Å². The van der Waals surface area contributed by atoms with Gasteiger partial charge in [0.05, 0.1) is 11.1 Å². The zero-order valence-electron chi connectivity index (χ0n) is 36.4. The number of rotatable bonds is 9. The molecule has 12 rings (SSSR count). The summed E-state index contributed by atoms with van der Waals surface area (Å²) in [5.74, 6) is 0.